The highest BCUT2D eigenvalue weighted by molar-refractivity contribution is 6.04. The van der Waals surface area contributed by atoms with Crippen LogP contribution < -0.4 is 16.0 Å². The number of rotatable bonds is 6. The minimum absolute atomic E-state index is 0.0809. The Morgan fingerprint density at radius 2 is 1.73 bits per heavy atom. The molecule has 2 amide bonds. The summed E-state index contributed by atoms with van der Waals surface area (Å²) < 4.78 is 1.64. The van der Waals surface area contributed by atoms with Crippen LogP contribution >= 0.6 is 0 Å². The number of nitrogens with one attached hydrogen (secondary N) is 1. The summed E-state index contributed by atoms with van der Waals surface area (Å²) in [5, 5.41) is 11.0. The number of piperidine rings is 1. The van der Waals surface area contributed by atoms with E-state index in [2.05, 4.69) is 20.5 Å². The minimum Gasteiger partial charge on any atom is -0.370 e. The summed E-state index contributed by atoms with van der Waals surface area (Å²) in [6, 6.07) is 17.5. The second-order valence-electron chi connectivity index (χ2n) is 7.42. The van der Waals surface area contributed by atoms with Gasteiger partial charge < -0.3 is 16.0 Å². The van der Waals surface area contributed by atoms with Gasteiger partial charge in [-0.05, 0) is 30.5 Å². The average Bonchev–Trinajstić information content (AvgIpc) is 3.23. The van der Waals surface area contributed by atoms with Gasteiger partial charge in [0.05, 0.1) is 24.1 Å². The van der Waals surface area contributed by atoms with Crippen molar-refractivity contribution in [3.63, 3.8) is 0 Å². The van der Waals surface area contributed by atoms with Gasteiger partial charge >= 0.3 is 0 Å². The molecule has 30 heavy (non-hydrogen) atoms. The molecule has 0 bridgehead atoms. The summed E-state index contributed by atoms with van der Waals surface area (Å²) >= 11 is 0. The van der Waals surface area contributed by atoms with Gasteiger partial charge in [0.15, 0.2) is 5.69 Å². The molecule has 8 heteroatoms. The first-order chi connectivity index (χ1) is 14.6. The van der Waals surface area contributed by atoms with Crippen molar-refractivity contribution in [3.8, 4) is 0 Å². The van der Waals surface area contributed by atoms with E-state index in [0.29, 0.717) is 38.2 Å². The number of para-hydroxylation sites is 2. The highest BCUT2D eigenvalue weighted by atomic mass is 16.2. The van der Waals surface area contributed by atoms with Crippen molar-refractivity contribution in [3.05, 3.63) is 72.1 Å². The van der Waals surface area contributed by atoms with Crippen LogP contribution in [0.15, 0.2) is 60.8 Å². The molecule has 0 atom stereocenters. The van der Waals surface area contributed by atoms with Crippen molar-refractivity contribution < 1.29 is 9.59 Å². The Hall–Kier alpha value is -3.68. The maximum absolute atomic E-state index is 12.7. The van der Waals surface area contributed by atoms with Gasteiger partial charge in [-0.15, -0.1) is 5.10 Å². The molecular formula is C22H24N6O2. The fourth-order valence-corrected chi connectivity index (χ4v) is 3.70. The van der Waals surface area contributed by atoms with Gasteiger partial charge in [0.1, 0.15) is 0 Å². The quantitative estimate of drug-likeness (QED) is 0.656. The third-order valence-corrected chi connectivity index (χ3v) is 5.35. The number of amides is 2. The van der Waals surface area contributed by atoms with Crippen molar-refractivity contribution >= 4 is 23.2 Å². The third-order valence-electron chi connectivity index (χ3n) is 5.35. The monoisotopic (exact) mass is 404 g/mol. The number of anilines is 2. The van der Waals surface area contributed by atoms with E-state index in [1.165, 1.54) is 0 Å². The number of aromatic nitrogens is 3. The molecule has 1 saturated heterocycles. The standard InChI is InChI=1S/C22H24N6O2/c23-21(29)17-10-12-27(13-11-17)20-9-5-4-8-18(20)24-22(30)19-15-28(26-25-19)14-16-6-2-1-3-7-16/h1-9,15,17H,10-14H2,(H2,23,29)(H,24,30). The highest BCUT2D eigenvalue weighted by Gasteiger charge is 2.25. The number of primary amides is 1. The Labute approximate surface area is 174 Å². The second-order valence-corrected chi connectivity index (χ2v) is 7.42. The van der Waals surface area contributed by atoms with Crippen LogP contribution in [0, 0.1) is 5.92 Å². The molecule has 0 aliphatic carbocycles. The molecule has 8 nitrogen and oxygen atoms in total. The molecule has 2 aromatic carbocycles. The van der Waals surface area contributed by atoms with Crippen molar-refractivity contribution in [2.75, 3.05) is 23.3 Å². The maximum Gasteiger partial charge on any atom is 0.277 e. The zero-order valence-corrected chi connectivity index (χ0v) is 16.6. The largest absolute Gasteiger partial charge is 0.370 e. The van der Waals surface area contributed by atoms with E-state index < -0.39 is 0 Å². The summed E-state index contributed by atoms with van der Waals surface area (Å²) in [5.41, 5.74) is 8.40. The number of carbonyl (C=O) groups excluding carboxylic acids is 2. The fourth-order valence-electron chi connectivity index (χ4n) is 3.70. The molecule has 0 saturated carbocycles. The van der Waals surface area contributed by atoms with E-state index in [1.807, 2.05) is 54.6 Å². The Morgan fingerprint density at radius 3 is 2.47 bits per heavy atom. The molecule has 154 valence electrons. The zero-order chi connectivity index (χ0) is 20.9. The normalized spacial score (nSPS) is 14.5. The van der Waals surface area contributed by atoms with Crippen LogP contribution in [0.25, 0.3) is 0 Å². The number of nitrogens with zero attached hydrogens (tertiary/aromatic N) is 4. The Bertz CT molecular complexity index is 1020. The smallest absolute Gasteiger partial charge is 0.277 e. The minimum atomic E-state index is -0.311. The average molecular weight is 404 g/mol. The molecular weight excluding hydrogens is 380 g/mol. The van der Waals surface area contributed by atoms with Gasteiger partial charge in [0.2, 0.25) is 5.91 Å². The molecule has 2 heterocycles. The van der Waals surface area contributed by atoms with Gasteiger partial charge in [0.25, 0.3) is 5.91 Å². The maximum atomic E-state index is 12.7. The molecule has 0 unspecified atom stereocenters. The zero-order valence-electron chi connectivity index (χ0n) is 16.6. The first-order valence-corrected chi connectivity index (χ1v) is 9.99. The van der Waals surface area contributed by atoms with Gasteiger partial charge in [-0.25, -0.2) is 4.68 Å². The SMILES string of the molecule is NC(=O)C1CCN(c2ccccc2NC(=O)c2cn(Cc3ccccc3)nn2)CC1. The van der Waals surface area contributed by atoms with Gasteiger partial charge in [-0.1, -0.05) is 47.7 Å². The van der Waals surface area contributed by atoms with E-state index >= 15 is 0 Å². The molecule has 4 rings (SSSR count). The third kappa shape index (κ3) is 4.48. The van der Waals surface area contributed by atoms with E-state index in [0.717, 1.165) is 11.3 Å². The summed E-state index contributed by atoms with van der Waals surface area (Å²) in [4.78, 5) is 26.3. The van der Waals surface area contributed by atoms with Gasteiger partial charge in [-0.3, -0.25) is 9.59 Å². The fraction of sp³-hybridized carbons (Fsp3) is 0.273. The first kappa shape index (κ1) is 19.6. The predicted octanol–water partition coefficient (Wildman–Crippen LogP) is 2.28. The van der Waals surface area contributed by atoms with Crippen LogP contribution in [-0.4, -0.2) is 39.9 Å². The Balaban J connectivity index is 1.44. The predicted molar refractivity (Wildman–Crippen MR) is 114 cm³/mol. The lowest BCUT2D eigenvalue weighted by molar-refractivity contribution is -0.122. The van der Waals surface area contributed by atoms with E-state index in [4.69, 9.17) is 5.73 Å². The lowest BCUT2D eigenvalue weighted by Gasteiger charge is -2.33. The molecule has 0 spiro atoms. The summed E-state index contributed by atoms with van der Waals surface area (Å²) in [5.74, 6) is -0.633. The summed E-state index contributed by atoms with van der Waals surface area (Å²) in [6.07, 6.45) is 3.07. The van der Waals surface area contributed by atoms with E-state index in [1.54, 1.807) is 10.9 Å². The molecule has 1 aromatic heterocycles. The van der Waals surface area contributed by atoms with Crippen LogP contribution in [-0.2, 0) is 11.3 Å². The number of benzene rings is 2. The van der Waals surface area contributed by atoms with Crippen LogP contribution in [0.3, 0.4) is 0 Å². The van der Waals surface area contributed by atoms with Crippen LogP contribution in [0.4, 0.5) is 11.4 Å². The number of hydrogen-bond acceptors (Lipinski definition) is 5. The summed E-state index contributed by atoms with van der Waals surface area (Å²) in [6.45, 7) is 1.98. The van der Waals surface area contributed by atoms with Gasteiger partial charge in [0, 0.05) is 19.0 Å². The van der Waals surface area contributed by atoms with Crippen LogP contribution in [0.2, 0.25) is 0 Å². The Kier molecular flexibility index (Phi) is 5.74. The molecule has 0 radical (unpaired) electrons. The van der Waals surface area contributed by atoms with Gasteiger partial charge in [-0.2, -0.15) is 0 Å². The number of carbonyl (C=O) groups is 2. The number of hydrogen-bond donors (Lipinski definition) is 2. The molecule has 3 aromatic rings. The summed E-state index contributed by atoms with van der Waals surface area (Å²) in [7, 11) is 0. The van der Waals surface area contributed by atoms with Crippen molar-refractivity contribution in [2.24, 2.45) is 11.7 Å². The van der Waals surface area contributed by atoms with Crippen molar-refractivity contribution in [1.29, 1.82) is 0 Å². The molecule has 1 aliphatic heterocycles. The molecule has 3 N–H and O–H groups in total. The van der Waals surface area contributed by atoms with Crippen molar-refractivity contribution in [2.45, 2.75) is 19.4 Å². The number of nitrogens with two attached hydrogens (primary N) is 1. The van der Waals surface area contributed by atoms with E-state index in [9.17, 15) is 9.59 Å². The van der Waals surface area contributed by atoms with E-state index in [-0.39, 0.29) is 23.4 Å². The lowest BCUT2D eigenvalue weighted by Crippen LogP contribution is -2.38. The lowest BCUT2D eigenvalue weighted by atomic mass is 9.96. The highest BCUT2D eigenvalue weighted by Crippen LogP contribution is 2.30. The molecule has 1 fully saturated rings. The molecule has 1 aliphatic rings. The Morgan fingerprint density at radius 1 is 1.03 bits per heavy atom. The van der Waals surface area contributed by atoms with Crippen molar-refractivity contribution in [1.82, 2.24) is 15.0 Å². The first-order valence-electron chi connectivity index (χ1n) is 9.99. The van der Waals surface area contributed by atoms with Crippen LogP contribution in [0.5, 0.6) is 0 Å². The van der Waals surface area contributed by atoms with Crippen LogP contribution in [0.1, 0.15) is 28.9 Å². The second kappa shape index (κ2) is 8.77. The topological polar surface area (TPSA) is 106 Å².